The van der Waals surface area contributed by atoms with Gasteiger partial charge in [-0.1, -0.05) is 41.7 Å². The van der Waals surface area contributed by atoms with Crippen LogP contribution in [0.2, 0.25) is 4.47 Å². The highest BCUT2D eigenvalue weighted by molar-refractivity contribution is 7.98. The van der Waals surface area contributed by atoms with Crippen LogP contribution in [-0.4, -0.2) is 10.2 Å². The zero-order chi connectivity index (χ0) is 12.4. The Morgan fingerprint density at radius 1 is 1.06 bits per heavy atom. The lowest BCUT2D eigenvalue weighted by Gasteiger charge is -2.02. The molecule has 0 amide bonds. The van der Waals surface area contributed by atoms with Crippen molar-refractivity contribution in [2.75, 3.05) is 0 Å². The van der Waals surface area contributed by atoms with Gasteiger partial charge in [0.1, 0.15) is 5.01 Å². The van der Waals surface area contributed by atoms with Crippen molar-refractivity contribution in [2.24, 2.45) is 0 Å². The number of thioether (sulfide) groups is 1. The predicted octanol–water partition coefficient (Wildman–Crippen LogP) is 4.64. The van der Waals surface area contributed by atoms with Gasteiger partial charge >= 0.3 is 0 Å². The number of nitrogens with zero attached hydrogens (tertiary/aromatic N) is 2. The molecule has 2 aromatic carbocycles. The largest absolute Gasteiger partial charge is 0.207 e. The topological polar surface area (TPSA) is 25.8 Å². The van der Waals surface area contributed by atoms with Crippen LogP contribution < -0.4 is 0 Å². The van der Waals surface area contributed by atoms with Crippen LogP contribution in [0.5, 0.6) is 0 Å². The maximum Gasteiger partial charge on any atom is 0.207 e. The molecule has 0 saturated carbocycles. The third-order valence-corrected chi connectivity index (χ3v) is 4.73. The van der Waals surface area contributed by atoms with Crippen molar-refractivity contribution in [1.82, 2.24) is 10.2 Å². The summed E-state index contributed by atoms with van der Waals surface area (Å²) in [4.78, 5) is 1.24. The van der Waals surface area contributed by atoms with E-state index in [4.69, 9.17) is 11.6 Å². The Morgan fingerprint density at radius 2 is 1.89 bits per heavy atom. The molecule has 0 N–H and O–H groups in total. The van der Waals surface area contributed by atoms with Gasteiger partial charge in [-0.3, -0.25) is 0 Å². The van der Waals surface area contributed by atoms with E-state index in [0.29, 0.717) is 4.47 Å². The van der Waals surface area contributed by atoms with Gasteiger partial charge in [0, 0.05) is 4.90 Å². The van der Waals surface area contributed by atoms with Crippen molar-refractivity contribution in [2.45, 2.75) is 10.6 Å². The molecule has 0 unspecified atom stereocenters. The molecule has 0 aliphatic heterocycles. The molecule has 5 heteroatoms. The number of benzene rings is 2. The summed E-state index contributed by atoms with van der Waals surface area (Å²) in [5.74, 6) is 0.808. The molecule has 0 fully saturated rings. The van der Waals surface area contributed by atoms with Gasteiger partial charge in [-0.25, -0.2) is 0 Å². The first kappa shape index (κ1) is 12.0. The zero-order valence-corrected chi connectivity index (χ0v) is 11.7. The van der Waals surface area contributed by atoms with E-state index in [9.17, 15) is 0 Å². The van der Waals surface area contributed by atoms with Crippen molar-refractivity contribution in [3.63, 3.8) is 0 Å². The fourth-order valence-corrected chi connectivity index (χ4v) is 3.49. The Morgan fingerprint density at radius 3 is 2.67 bits per heavy atom. The second-order valence-corrected chi connectivity index (χ2v) is 6.44. The normalized spacial score (nSPS) is 10.9. The average molecular weight is 293 g/mol. The maximum atomic E-state index is 5.76. The molecule has 0 atom stereocenters. The summed E-state index contributed by atoms with van der Waals surface area (Å²) >= 11 is 8.94. The van der Waals surface area contributed by atoms with E-state index in [-0.39, 0.29) is 0 Å². The Kier molecular flexibility index (Phi) is 3.50. The standard InChI is InChI=1S/C13H9ClN2S2/c14-13-16-15-12(18-13)8-17-11-6-5-9-3-1-2-4-10(9)7-11/h1-7H,8H2. The summed E-state index contributed by atoms with van der Waals surface area (Å²) in [5.41, 5.74) is 0. The molecule has 0 saturated heterocycles. The lowest BCUT2D eigenvalue weighted by Crippen LogP contribution is -1.80. The Balaban J connectivity index is 1.78. The van der Waals surface area contributed by atoms with Gasteiger partial charge in [0.25, 0.3) is 0 Å². The summed E-state index contributed by atoms with van der Waals surface area (Å²) in [6.07, 6.45) is 0. The van der Waals surface area contributed by atoms with Crippen molar-refractivity contribution in [1.29, 1.82) is 0 Å². The van der Waals surface area contributed by atoms with E-state index < -0.39 is 0 Å². The lowest BCUT2D eigenvalue weighted by atomic mass is 10.1. The average Bonchev–Trinajstić information content (AvgIpc) is 2.82. The SMILES string of the molecule is Clc1nnc(CSc2ccc3ccccc3c2)s1. The second kappa shape index (κ2) is 5.26. The number of halogens is 1. The molecule has 3 aromatic rings. The van der Waals surface area contributed by atoms with E-state index in [1.807, 2.05) is 0 Å². The number of rotatable bonds is 3. The quantitative estimate of drug-likeness (QED) is 0.658. The summed E-state index contributed by atoms with van der Waals surface area (Å²) in [5, 5.41) is 11.3. The Bertz CT molecular complexity index is 681. The minimum Gasteiger partial charge on any atom is -0.141 e. The first-order valence-electron chi connectivity index (χ1n) is 5.41. The molecule has 2 nitrogen and oxygen atoms in total. The fraction of sp³-hybridized carbons (Fsp3) is 0.0769. The summed E-state index contributed by atoms with van der Waals surface area (Å²) in [7, 11) is 0. The maximum absolute atomic E-state index is 5.76. The molecule has 0 aliphatic carbocycles. The van der Waals surface area contributed by atoms with Crippen molar-refractivity contribution in [3.05, 3.63) is 51.9 Å². The van der Waals surface area contributed by atoms with E-state index in [1.165, 1.54) is 27.0 Å². The number of hydrogen-bond acceptors (Lipinski definition) is 4. The van der Waals surface area contributed by atoms with Crippen LogP contribution in [0.15, 0.2) is 47.4 Å². The van der Waals surface area contributed by atoms with Crippen LogP contribution >= 0.6 is 34.7 Å². The smallest absolute Gasteiger partial charge is 0.141 e. The zero-order valence-electron chi connectivity index (χ0n) is 9.34. The Hall–Kier alpha value is -1.10. The highest BCUT2D eigenvalue weighted by Crippen LogP contribution is 2.28. The van der Waals surface area contributed by atoms with Crippen molar-refractivity contribution in [3.8, 4) is 0 Å². The van der Waals surface area contributed by atoms with Crippen molar-refractivity contribution < 1.29 is 0 Å². The molecule has 1 aromatic heterocycles. The molecule has 0 bridgehead atoms. The minimum atomic E-state index is 0.504. The van der Waals surface area contributed by atoms with Crippen LogP contribution in [0.4, 0.5) is 0 Å². The monoisotopic (exact) mass is 292 g/mol. The lowest BCUT2D eigenvalue weighted by molar-refractivity contribution is 1.04. The van der Waals surface area contributed by atoms with Crippen molar-refractivity contribution >= 4 is 45.5 Å². The summed E-state index contributed by atoms with van der Waals surface area (Å²) < 4.78 is 0.504. The van der Waals surface area contributed by atoms with Gasteiger partial charge in [0.15, 0.2) is 0 Å². The number of aromatic nitrogens is 2. The molecule has 0 aliphatic rings. The van der Waals surface area contributed by atoms with Gasteiger partial charge in [0.05, 0.1) is 5.75 Å². The Labute approximate surface area is 118 Å². The molecule has 0 radical (unpaired) electrons. The molecule has 3 rings (SSSR count). The van der Waals surface area contributed by atoms with Gasteiger partial charge in [-0.15, -0.1) is 22.0 Å². The van der Waals surface area contributed by atoms with E-state index in [1.54, 1.807) is 11.8 Å². The van der Waals surface area contributed by atoms with Gasteiger partial charge in [0.2, 0.25) is 4.47 Å². The number of fused-ring (bicyclic) bond motifs is 1. The minimum absolute atomic E-state index is 0.504. The first-order valence-corrected chi connectivity index (χ1v) is 7.59. The number of hydrogen-bond donors (Lipinski definition) is 0. The van der Waals surface area contributed by atoms with Gasteiger partial charge in [-0.05, 0) is 34.5 Å². The first-order chi connectivity index (χ1) is 8.81. The van der Waals surface area contributed by atoms with E-state index in [2.05, 4.69) is 52.7 Å². The highest BCUT2D eigenvalue weighted by Gasteiger charge is 2.03. The van der Waals surface area contributed by atoms with Crippen LogP contribution in [-0.2, 0) is 5.75 Å². The van der Waals surface area contributed by atoms with E-state index >= 15 is 0 Å². The molecule has 90 valence electrons. The van der Waals surface area contributed by atoms with Crippen LogP contribution in [0.1, 0.15) is 5.01 Å². The van der Waals surface area contributed by atoms with Gasteiger partial charge in [-0.2, -0.15) is 0 Å². The second-order valence-electron chi connectivity index (χ2n) is 3.75. The summed E-state index contributed by atoms with van der Waals surface area (Å²) in [6, 6.07) is 14.8. The molecular formula is C13H9ClN2S2. The van der Waals surface area contributed by atoms with Crippen LogP contribution in [0.25, 0.3) is 10.8 Å². The molecule has 1 heterocycles. The molecule has 18 heavy (non-hydrogen) atoms. The predicted molar refractivity (Wildman–Crippen MR) is 78.4 cm³/mol. The molecular weight excluding hydrogens is 284 g/mol. The third kappa shape index (κ3) is 2.66. The highest BCUT2D eigenvalue weighted by atomic mass is 35.5. The third-order valence-electron chi connectivity index (χ3n) is 2.53. The van der Waals surface area contributed by atoms with Crippen LogP contribution in [0, 0.1) is 0 Å². The fourth-order valence-electron chi connectivity index (χ4n) is 1.69. The van der Waals surface area contributed by atoms with E-state index in [0.717, 1.165) is 10.8 Å². The summed E-state index contributed by atoms with van der Waals surface area (Å²) in [6.45, 7) is 0. The van der Waals surface area contributed by atoms with Crippen LogP contribution in [0.3, 0.4) is 0 Å². The molecule has 0 spiro atoms. The van der Waals surface area contributed by atoms with Gasteiger partial charge < -0.3 is 0 Å².